The number of nitrogens with one attached hydrogen (secondary N) is 2. The number of hydrogen-bond donors (Lipinski definition) is 4. The number of nitriles is 1. The van der Waals surface area contributed by atoms with E-state index in [0.29, 0.717) is 11.0 Å². The number of fused-ring (bicyclic) bond motifs is 1. The Morgan fingerprint density at radius 3 is 2.83 bits per heavy atom. The lowest BCUT2D eigenvalue weighted by molar-refractivity contribution is 0.481. The van der Waals surface area contributed by atoms with Crippen molar-refractivity contribution in [2.45, 2.75) is 0 Å². The first kappa shape index (κ1) is 15.3. The molecule has 10 heteroatoms. The van der Waals surface area contributed by atoms with Crippen LogP contribution >= 0.6 is 12.2 Å². The maximum atomic E-state index is 12.5. The number of thiocarbonyl (C=S) groups is 1. The zero-order chi connectivity index (χ0) is 17.3. The molecule has 6 N–H and O–H groups in total. The minimum atomic E-state index is -0.338. The third kappa shape index (κ3) is 2.49. The second-order valence-corrected chi connectivity index (χ2v) is 5.08. The van der Waals surface area contributed by atoms with Crippen LogP contribution in [0.4, 0.5) is 5.88 Å². The highest BCUT2D eigenvalue weighted by atomic mass is 32.1. The summed E-state index contributed by atoms with van der Waals surface area (Å²) in [5, 5.41) is 14.6. The van der Waals surface area contributed by atoms with Gasteiger partial charge in [-0.2, -0.15) is 15.4 Å². The summed E-state index contributed by atoms with van der Waals surface area (Å²) in [7, 11) is 0. The van der Waals surface area contributed by atoms with E-state index in [-0.39, 0.29) is 33.5 Å². The number of anilines is 1. The van der Waals surface area contributed by atoms with E-state index < -0.39 is 0 Å². The predicted octanol–water partition coefficient (Wildman–Crippen LogP) is 0.0552. The van der Waals surface area contributed by atoms with Gasteiger partial charge in [0.25, 0.3) is 0 Å². The number of nitrogens with two attached hydrogens (primary N) is 2. The van der Waals surface area contributed by atoms with Crippen molar-refractivity contribution in [3.05, 3.63) is 51.6 Å². The number of nitrogens with zero attached hydrogens (tertiary/aromatic N) is 3. The maximum absolute atomic E-state index is 12.5. The summed E-state index contributed by atoms with van der Waals surface area (Å²) < 4.78 is 5.42. The highest BCUT2D eigenvalue weighted by molar-refractivity contribution is 7.80. The van der Waals surface area contributed by atoms with Gasteiger partial charge in [0.05, 0.1) is 11.6 Å². The number of hydrazine groups is 1. The van der Waals surface area contributed by atoms with Crippen molar-refractivity contribution in [2.75, 3.05) is 5.73 Å². The average Bonchev–Trinajstić information content (AvgIpc) is 2.57. The van der Waals surface area contributed by atoms with Crippen LogP contribution in [-0.2, 0) is 0 Å². The molecule has 0 amide bonds. The van der Waals surface area contributed by atoms with Crippen LogP contribution < -0.4 is 27.7 Å². The SMILES string of the molecule is N#CC1=C(N)N(/N=C/c2c(N)oc3ccccc3c2=O)C(=S)NN1. The first-order valence-electron chi connectivity index (χ1n) is 6.64. The quantitative estimate of drug-likeness (QED) is 0.439. The Kier molecular flexibility index (Phi) is 3.77. The number of para-hydroxylation sites is 1. The topological polar surface area (TPSA) is 146 Å². The molecule has 0 bridgehead atoms. The van der Waals surface area contributed by atoms with Crippen LogP contribution in [0.1, 0.15) is 5.56 Å². The van der Waals surface area contributed by atoms with Gasteiger partial charge in [0.15, 0.2) is 11.5 Å². The molecule has 1 aromatic heterocycles. The van der Waals surface area contributed by atoms with E-state index in [4.69, 9.17) is 33.4 Å². The summed E-state index contributed by atoms with van der Waals surface area (Å²) in [4.78, 5) is 12.5. The van der Waals surface area contributed by atoms with E-state index in [1.165, 1.54) is 6.21 Å². The van der Waals surface area contributed by atoms with Crippen LogP contribution in [0.5, 0.6) is 0 Å². The molecule has 0 spiro atoms. The molecule has 0 radical (unpaired) electrons. The molecule has 0 saturated carbocycles. The highest BCUT2D eigenvalue weighted by Crippen LogP contribution is 2.16. The van der Waals surface area contributed by atoms with Crippen molar-refractivity contribution in [1.82, 2.24) is 15.9 Å². The summed E-state index contributed by atoms with van der Waals surface area (Å²) in [6, 6.07) is 8.56. The molecule has 2 aromatic rings. The van der Waals surface area contributed by atoms with E-state index in [0.717, 1.165) is 5.01 Å². The third-order valence-electron chi connectivity index (χ3n) is 3.25. The molecule has 2 heterocycles. The Bertz CT molecular complexity index is 1000. The summed E-state index contributed by atoms with van der Waals surface area (Å²) in [6.07, 6.45) is 1.19. The minimum absolute atomic E-state index is 0.0127. The predicted molar refractivity (Wildman–Crippen MR) is 92.0 cm³/mol. The Labute approximate surface area is 140 Å². The van der Waals surface area contributed by atoms with Gasteiger partial charge in [0.2, 0.25) is 16.4 Å². The Morgan fingerprint density at radius 2 is 2.08 bits per heavy atom. The standard InChI is InChI=1S/C14H11N7O2S/c15-5-9-12(16)21(14(24)20-19-9)18-6-8-11(22)7-3-1-2-4-10(7)23-13(8)17/h1-4,6,19H,16-17H2,(H,20,24)/b18-6+. The molecule has 1 aliphatic rings. The first-order valence-corrected chi connectivity index (χ1v) is 7.05. The van der Waals surface area contributed by atoms with E-state index in [2.05, 4.69) is 16.0 Å². The largest absolute Gasteiger partial charge is 0.440 e. The minimum Gasteiger partial charge on any atom is -0.440 e. The van der Waals surface area contributed by atoms with Crippen LogP contribution in [0.15, 0.2) is 50.1 Å². The van der Waals surface area contributed by atoms with Gasteiger partial charge in [-0.05, 0) is 24.4 Å². The zero-order valence-corrected chi connectivity index (χ0v) is 12.9. The lowest BCUT2D eigenvalue weighted by Crippen LogP contribution is -2.51. The molecule has 24 heavy (non-hydrogen) atoms. The fourth-order valence-electron chi connectivity index (χ4n) is 2.06. The van der Waals surface area contributed by atoms with Gasteiger partial charge in [0, 0.05) is 0 Å². The average molecular weight is 341 g/mol. The van der Waals surface area contributed by atoms with E-state index >= 15 is 0 Å². The summed E-state index contributed by atoms with van der Waals surface area (Å²) >= 11 is 5.05. The number of nitrogen functional groups attached to an aromatic ring is 1. The Morgan fingerprint density at radius 1 is 1.33 bits per heavy atom. The summed E-state index contributed by atoms with van der Waals surface area (Å²) in [5.41, 5.74) is 16.8. The van der Waals surface area contributed by atoms with Crippen LogP contribution in [0, 0.1) is 11.3 Å². The first-order chi connectivity index (χ1) is 11.5. The van der Waals surface area contributed by atoms with Crippen molar-refractivity contribution < 1.29 is 4.42 Å². The molecule has 0 aliphatic carbocycles. The van der Waals surface area contributed by atoms with E-state index in [1.54, 1.807) is 24.3 Å². The number of benzene rings is 1. The molecular formula is C14H11N7O2S. The smallest absolute Gasteiger partial charge is 0.214 e. The van der Waals surface area contributed by atoms with E-state index in [1.807, 2.05) is 6.07 Å². The van der Waals surface area contributed by atoms with Crippen LogP contribution in [0.2, 0.25) is 0 Å². The fourth-order valence-corrected chi connectivity index (χ4v) is 2.26. The van der Waals surface area contributed by atoms with Crippen LogP contribution in [0.25, 0.3) is 11.0 Å². The second kappa shape index (κ2) is 5.90. The van der Waals surface area contributed by atoms with Gasteiger partial charge in [-0.25, -0.2) is 0 Å². The molecule has 0 saturated heterocycles. The Balaban J connectivity index is 2.07. The van der Waals surface area contributed by atoms with Gasteiger partial charge < -0.3 is 15.9 Å². The van der Waals surface area contributed by atoms with Gasteiger partial charge in [0.1, 0.15) is 17.2 Å². The molecule has 1 aliphatic heterocycles. The lowest BCUT2D eigenvalue weighted by atomic mass is 10.2. The number of hydrogen-bond acceptors (Lipinski definition) is 8. The maximum Gasteiger partial charge on any atom is 0.214 e. The monoisotopic (exact) mass is 341 g/mol. The van der Waals surface area contributed by atoms with Gasteiger partial charge in [-0.15, -0.1) is 0 Å². The molecule has 0 unspecified atom stereocenters. The van der Waals surface area contributed by atoms with Gasteiger partial charge in [-0.1, -0.05) is 12.1 Å². The zero-order valence-electron chi connectivity index (χ0n) is 12.1. The highest BCUT2D eigenvalue weighted by Gasteiger charge is 2.21. The summed E-state index contributed by atoms with van der Waals surface area (Å²) in [5.74, 6) is -0.0965. The molecule has 0 fully saturated rings. The van der Waals surface area contributed by atoms with Crippen LogP contribution in [0.3, 0.4) is 0 Å². The molecule has 9 nitrogen and oxygen atoms in total. The van der Waals surface area contributed by atoms with Crippen molar-refractivity contribution in [3.8, 4) is 6.07 Å². The van der Waals surface area contributed by atoms with E-state index in [9.17, 15) is 4.79 Å². The lowest BCUT2D eigenvalue weighted by Gasteiger charge is -2.26. The van der Waals surface area contributed by atoms with Crippen molar-refractivity contribution >= 4 is 40.4 Å². The number of allylic oxidation sites excluding steroid dienone is 1. The van der Waals surface area contributed by atoms with Crippen molar-refractivity contribution in [3.63, 3.8) is 0 Å². The second-order valence-electron chi connectivity index (χ2n) is 4.69. The molecule has 0 atom stereocenters. The van der Waals surface area contributed by atoms with Crippen LogP contribution in [-0.4, -0.2) is 16.3 Å². The van der Waals surface area contributed by atoms with Crippen molar-refractivity contribution in [2.24, 2.45) is 10.8 Å². The number of rotatable bonds is 2. The van der Waals surface area contributed by atoms with Gasteiger partial charge in [-0.3, -0.25) is 15.6 Å². The summed E-state index contributed by atoms with van der Waals surface area (Å²) in [6.45, 7) is 0. The van der Waals surface area contributed by atoms with Gasteiger partial charge >= 0.3 is 0 Å². The number of hydrazone groups is 1. The Hall–Kier alpha value is -3.58. The molecular weight excluding hydrogens is 330 g/mol. The normalized spacial score (nSPS) is 14.6. The molecule has 3 rings (SSSR count). The molecule has 120 valence electrons. The van der Waals surface area contributed by atoms with Crippen molar-refractivity contribution in [1.29, 1.82) is 5.26 Å². The fraction of sp³-hybridized carbons (Fsp3) is 0. The third-order valence-corrected chi connectivity index (χ3v) is 3.52. The molecule has 1 aromatic carbocycles.